The summed E-state index contributed by atoms with van der Waals surface area (Å²) in [7, 11) is 3.68. The van der Waals surface area contributed by atoms with Crippen LogP contribution in [0.1, 0.15) is 5.82 Å². The van der Waals surface area contributed by atoms with Crippen molar-refractivity contribution in [1.82, 2.24) is 9.97 Å². The molecular weight excluding hydrogens is 170 g/mol. The van der Waals surface area contributed by atoms with Gasteiger partial charge in [-0.3, -0.25) is 4.79 Å². The van der Waals surface area contributed by atoms with Crippen LogP contribution in [-0.2, 0) is 11.2 Å². The standard InChI is InChI=1S/C8H11N3O2/c1-11(2)7-3-4-9-6(10-7)5-8(12)13/h3-4H,5H2,1-2H3,(H,12,13). The average molecular weight is 181 g/mol. The second-order valence-corrected chi connectivity index (χ2v) is 2.80. The topological polar surface area (TPSA) is 66.3 Å². The van der Waals surface area contributed by atoms with Gasteiger partial charge in [-0.1, -0.05) is 0 Å². The van der Waals surface area contributed by atoms with Crippen molar-refractivity contribution < 1.29 is 9.90 Å². The van der Waals surface area contributed by atoms with Crippen LogP contribution >= 0.6 is 0 Å². The van der Waals surface area contributed by atoms with Crippen molar-refractivity contribution in [3.05, 3.63) is 18.1 Å². The van der Waals surface area contributed by atoms with Crippen molar-refractivity contribution in [2.45, 2.75) is 6.42 Å². The molecule has 0 aromatic carbocycles. The van der Waals surface area contributed by atoms with E-state index in [9.17, 15) is 4.79 Å². The van der Waals surface area contributed by atoms with Crippen molar-refractivity contribution in [3.63, 3.8) is 0 Å². The lowest BCUT2D eigenvalue weighted by atomic mass is 10.4. The molecular formula is C8H11N3O2. The maximum absolute atomic E-state index is 10.4. The first-order valence-electron chi connectivity index (χ1n) is 3.80. The molecule has 0 spiro atoms. The summed E-state index contributed by atoms with van der Waals surface area (Å²) in [6.45, 7) is 0. The van der Waals surface area contributed by atoms with Crippen LogP contribution in [0.2, 0.25) is 0 Å². The van der Waals surface area contributed by atoms with E-state index in [-0.39, 0.29) is 6.42 Å². The summed E-state index contributed by atoms with van der Waals surface area (Å²) in [5, 5.41) is 8.50. The highest BCUT2D eigenvalue weighted by Gasteiger charge is 2.04. The summed E-state index contributed by atoms with van der Waals surface area (Å²) in [6.07, 6.45) is 1.42. The molecule has 1 N–H and O–H groups in total. The van der Waals surface area contributed by atoms with Gasteiger partial charge in [-0.15, -0.1) is 0 Å². The lowest BCUT2D eigenvalue weighted by Gasteiger charge is -2.10. The second kappa shape index (κ2) is 3.84. The minimum absolute atomic E-state index is 0.137. The highest BCUT2D eigenvalue weighted by Crippen LogP contribution is 2.05. The van der Waals surface area contributed by atoms with Crippen molar-refractivity contribution in [1.29, 1.82) is 0 Å². The Bertz CT molecular complexity index is 312. The van der Waals surface area contributed by atoms with E-state index in [4.69, 9.17) is 5.11 Å². The van der Waals surface area contributed by atoms with Gasteiger partial charge in [0, 0.05) is 20.3 Å². The van der Waals surface area contributed by atoms with E-state index < -0.39 is 5.97 Å². The third-order valence-electron chi connectivity index (χ3n) is 1.46. The highest BCUT2D eigenvalue weighted by molar-refractivity contribution is 5.69. The maximum atomic E-state index is 10.4. The van der Waals surface area contributed by atoms with Crippen LogP contribution in [0.15, 0.2) is 12.3 Å². The van der Waals surface area contributed by atoms with Crippen molar-refractivity contribution in [3.8, 4) is 0 Å². The average Bonchev–Trinajstić information content (AvgIpc) is 2.03. The van der Waals surface area contributed by atoms with Gasteiger partial charge in [-0.25, -0.2) is 9.97 Å². The third kappa shape index (κ3) is 2.70. The first-order valence-corrected chi connectivity index (χ1v) is 3.80. The zero-order chi connectivity index (χ0) is 9.84. The van der Waals surface area contributed by atoms with Gasteiger partial charge in [-0.05, 0) is 6.07 Å². The Morgan fingerprint density at radius 1 is 1.62 bits per heavy atom. The summed E-state index contributed by atoms with van der Waals surface area (Å²) in [4.78, 5) is 20.0. The molecule has 0 radical (unpaired) electrons. The fourth-order valence-corrected chi connectivity index (χ4v) is 0.858. The number of carboxylic acids is 1. The molecule has 0 aliphatic heterocycles. The number of nitrogens with zero attached hydrogens (tertiary/aromatic N) is 3. The number of carboxylic acid groups (broad SMARTS) is 1. The zero-order valence-corrected chi connectivity index (χ0v) is 7.56. The highest BCUT2D eigenvalue weighted by atomic mass is 16.4. The fraction of sp³-hybridized carbons (Fsp3) is 0.375. The van der Waals surface area contributed by atoms with Gasteiger partial charge in [0.1, 0.15) is 18.1 Å². The molecule has 1 rings (SSSR count). The normalized spacial score (nSPS) is 9.69. The van der Waals surface area contributed by atoms with Gasteiger partial charge in [0.15, 0.2) is 0 Å². The fourth-order valence-electron chi connectivity index (χ4n) is 0.858. The molecule has 5 nitrogen and oxygen atoms in total. The van der Waals surface area contributed by atoms with Crippen molar-refractivity contribution >= 4 is 11.8 Å². The van der Waals surface area contributed by atoms with E-state index >= 15 is 0 Å². The van der Waals surface area contributed by atoms with Crippen LogP contribution in [0.5, 0.6) is 0 Å². The molecule has 13 heavy (non-hydrogen) atoms. The molecule has 0 saturated carbocycles. The van der Waals surface area contributed by atoms with Crippen molar-refractivity contribution in [2.75, 3.05) is 19.0 Å². The number of hydrogen-bond donors (Lipinski definition) is 1. The Labute approximate surface area is 76.0 Å². The summed E-state index contributed by atoms with van der Waals surface area (Å²) in [5.41, 5.74) is 0. The smallest absolute Gasteiger partial charge is 0.311 e. The van der Waals surface area contributed by atoms with Gasteiger partial charge in [0.25, 0.3) is 0 Å². The van der Waals surface area contributed by atoms with Crippen molar-refractivity contribution in [2.24, 2.45) is 0 Å². The Morgan fingerprint density at radius 2 is 2.31 bits per heavy atom. The van der Waals surface area contributed by atoms with Crippen LogP contribution < -0.4 is 4.90 Å². The number of rotatable bonds is 3. The Balaban J connectivity index is 2.85. The van der Waals surface area contributed by atoms with E-state index in [1.54, 1.807) is 17.2 Å². The van der Waals surface area contributed by atoms with E-state index in [2.05, 4.69) is 9.97 Å². The lowest BCUT2D eigenvalue weighted by molar-refractivity contribution is -0.136. The molecule has 0 unspecified atom stereocenters. The molecule has 0 saturated heterocycles. The van der Waals surface area contributed by atoms with Gasteiger partial charge in [-0.2, -0.15) is 0 Å². The van der Waals surface area contributed by atoms with E-state index in [1.165, 1.54) is 0 Å². The Morgan fingerprint density at radius 3 is 2.85 bits per heavy atom. The minimum atomic E-state index is -0.920. The number of hydrogen-bond acceptors (Lipinski definition) is 4. The zero-order valence-electron chi connectivity index (χ0n) is 7.56. The lowest BCUT2D eigenvalue weighted by Crippen LogP contribution is -2.13. The van der Waals surface area contributed by atoms with Crippen LogP contribution in [-0.4, -0.2) is 35.1 Å². The summed E-state index contributed by atoms with van der Waals surface area (Å²) >= 11 is 0. The number of carbonyl (C=O) groups is 1. The van der Waals surface area contributed by atoms with E-state index in [0.29, 0.717) is 11.6 Å². The SMILES string of the molecule is CN(C)c1ccnc(CC(=O)O)n1. The maximum Gasteiger partial charge on any atom is 0.311 e. The number of aliphatic carboxylic acids is 1. The molecule has 0 aliphatic carbocycles. The van der Waals surface area contributed by atoms with Crippen LogP contribution in [0.25, 0.3) is 0 Å². The summed E-state index contributed by atoms with van der Waals surface area (Å²) in [6, 6.07) is 1.73. The Kier molecular flexibility index (Phi) is 2.79. The Hall–Kier alpha value is -1.65. The van der Waals surface area contributed by atoms with Gasteiger partial charge in [0.2, 0.25) is 0 Å². The van der Waals surface area contributed by atoms with E-state index in [1.807, 2.05) is 14.1 Å². The van der Waals surface area contributed by atoms with Gasteiger partial charge in [0.05, 0.1) is 0 Å². The number of anilines is 1. The first-order chi connectivity index (χ1) is 6.09. The molecule has 1 aromatic rings. The molecule has 1 heterocycles. The molecule has 70 valence electrons. The second-order valence-electron chi connectivity index (χ2n) is 2.80. The van der Waals surface area contributed by atoms with Gasteiger partial charge < -0.3 is 10.0 Å². The van der Waals surface area contributed by atoms with E-state index in [0.717, 1.165) is 0 Å². The van der Waals surface area contributed by atoms with Crippen LogP contribution in [0.4, 0.5) is 5.82 Å². The monoisotopic (exact) mass is 181 g/mol. The first kappa shape index (κ1) is 9.44. The molecule has 0 bridgehead atoms. The largest absolute Gasteiger partial charge is 0.481 e. The van der Waals surface area contributed by atoms with Gasteiger partial charge >= 0.3 is 5.97 Å². The number of aromatic nitrogens is 2. The predicted molar refractivity (Wildman–Crippen MR) is 47.7 cm³/mol. The molecule has 0 amide bonds. The predicted octanol–water partition coefficient (Wildman–Crippen LogP) is 0.170. The summed E-state index contributed by atoms with van der Waals surface area (Å²) < 4.78 is 0. The quantitative estimate of drug-likeness (QED) is 0.720. The molecule has 0 aliphatic rings. The minimum Gasteiger partial charge on any atom is -0.481 e. The molecule has 0 fully saturated rings. The van der Waals surface area contributed by atoms with Crippen LogP contribution in [0.3, 0.4) is 0 Å². The van der Waals surface area contributed by atoms with Crippen LogP contribution in [0, 0.1) is 0 Å². The third-order valence-corrected chi connectivity index (χ3v) is 1.46. The summed E-state index contributed by atoms with van der Waals surface area (Å²) in [5.74, 6) is 0.126. The molecule has 1 aromatic heterocycles. The molecule has 0 atom stereocenters. The molecule has 5 heteroatoms.